The van der Waals surface area contributed by atoms with Crippen molar-refractivity contribution in [3.8, 4) is 12.3 Å². The van der Waals surface area contributed by atoms with Crippen LogP contribution in [0.1, 0.15) is 51.9 Å². The molecule has 1 fully saturated rings. The van der Waals surface area contributed by atoms with Gasteiger partial charge in [0.05, 0.1) is 3.92 Å². The minimum atomic E-state index is 0.217. The summed E-state index contributed by atoms with van der Waals surface area (Å²) < 4.78 is 0.217. The molecule has 0 aromatic rings. The molecular weight excluding hydrogens is 299 g/mol. The van der Waals surface area contributed by atoms with Crippen LogP contribution in [-0.4, -0.2) is 9.71 Å². The highest BCUT2D eigenvalue weighted by Crippen LogP contribution is 2.42. The third-order valence-corrected chi connectivity index (χ3v) is 5.58. The maximum Gasteiger partial charge on any atom is 0.146 e. The smallest absolute Gasteiger partial charge is 0.146 e. The van der Waals surface area contributed by atoms with E-state index in [2.05, 4.69) is 35.4 Å². The summed E-state index contributed by atoms with van der Waals surface area (Å²) in [6.07, 6.45) is 12.6. The zero-order chi connectivity index (χ0) is 11.3. The molecule has 0 bridgehead atoms. The molecule has 1 saturated carbocycles. The summed E-state index contributed by atoms with van der Waals surface area (Å²) in [6, 6.07) is 0. The summed E-state index contributed by atoms with van der Waals surface area (Å²) in [5.41, 5.74) is 0.227. The number of rotatable bonds is 4. The van der Waals surface area contributed by atoms with Crippen molar-refractivity contribution in [2.24, 2.45) is 5.41 Å². The van der Waals surface area contributed by atoms with Crippen molar-refractivity contribution in [2.45, 2.75) is 55.8 Å². The zero-order valence-corrected chi connectivity index (χ0v) is 11.5. The van der Waals surface area contributed by atoms with Gasteiger partial charge < -0.3 is 0 Å². The van der Waals surface area contributed by atoms with E-state index in [9.17, 15) is 4.79 Å². The third kappa shape index (κ3) is 3.48. The van der Waals surface area contributed by atoms with Gasteiger partial charge in [-0.2, -0.15) is 0 Å². The molecule has 84 valence electrons. The predicted octanol–water partition coefficient (Wildman–Crippen LogP) is 3.74. The van der Waals surface area contributed by atoms with E-state index in [0.717, 1.165) is 38.5 Å². The maximum atomic E-state index is 11.7. The molecule has 2 atom stereocenters. The number of ketones is 1. The Morgan fingerprint density at radius 3 is 3.00 bits per heavy atom. The van der Waals surface area contributed by atoms with Crippen LogP contribution in [0.4, 0.5) is 0 Å². The second-order valence-corrected chi connectivity index (χ2v) is 5.99. The number of halogens is 1. The van der Waals surface area contributed by atoms with Gasteiger partial charge in [-0.15, -0.1) is 12.3 Å². The molecule has 0 N–H and O–H groups in total. The first kappa shape index (κ1) is 13.0. The van der Waals surface area contributed by atoms with Gasteiger partial charge in [-0.05, 0) is 31.1 Å². The molecule has 0 heterocycles. The normalized spacial score (nSPS) is 31.3. The highest BCUT2D eigenvalue weighted by molar-refractivity contribution is 14.1. The molecular formula is C13H19IO. The highest BCUT2D eigenvalue weighted by atomic mass is 127. The minimum Gasteiger partial charge on any atom is -0.299 e. The Kier molecular flexibility index (Phi) is 5.11. The van der Waals surface area contributed by atoms with Crippen molar-refractivity contribution >= 4 is 28.4 Å². The minimum absolute atomic E-state index is 0.217. The standard InChI is InChI=1S/C13H19IO/c1-3-4-5-6-9-13(2)10-7-8-11(15)12(13)14/h1,12H,4-10H2,2H3/t12-,13+/m0/s1. The van der Waals surface area contributed by atoms with Crippen molar-refractivity contribution in [1.82, 2.24) is 0 Å². The Bertz CT molecular complexity index is 266. The number of terminal acetylenes is 1. The first-order valence-electron chi connectivity index (χ1n) is 5.70. The topological polar surface area (TPSA) is 17.1 Å². The number of unbranched alkanes of at least 4 members (excludes halogenated alkanes) is 2. The molecule has 0 unspecified atom stereocenters. The number of Topliss-reactive ketones (excluding diaryl/α,β-unsaturated/α-hetero) is 1. The fourth-order valence-electron chi connectivity index (χ4n) is 2.32. The maximum absolute atomic E-state index is 11.7. The van der Waals surface area contributed by atoms with Crippen LogP contribution in [0.5, 0.6) is 0 Å². The van der Waals surface area contributed by atoms with E-state index in [4.69, 9.17) is 6.42 Å². The summed E-state index contributed by atoms with van der Waals surface area (Å²) in [6.45, 7) is 2.26. The van der Waals surface area contributed by atoms with E-state index < -0.39 is 0 Å². The van der Waals surface area contributed by atoms with Crippen LogP contribution in [0.3, 0.4) is 0 Å². The molecule has 0 aliphatic heterocycles. The van der Waals surface area contributed by atoms with Gasteiger partial charge in [-0.25, -0.2) is 0 Å². The van der Waals surface area contributed by atoms with Gasteiger partial charge in [-0.1, -0.05) is 35.9 Å². The fourth-order valence-corrected chi connectivity index (χ4v) is 3.25. The van der Waals surface area contributed by atoms with Crippen LogP contribution in [0.2, 0.25) is 0 Å². The van der Waals surface area contributed by atoms with Crippen molar-refractivity contribution < 1.29 is 4.79 Å². The zero-order valence-electron chi connectivity index (χ0n) is 9.39. The Hall–Kier alpha value is -0.0400. The third-order valence-electron chi connectivity index (χ3n) is 3.38. The summed E-state index contributed by atoms with van der Waals surface area (Å²) >= 11 is 2.33. The summed E-state index contributed by atoms with van der Waals surface area (Å²) in [7, 11) is 0. The van der Waals surface area contributed by atoms with Gasteiger partial charge in [-0.3, -0.25) is 4.79 Å². The first-order valence-corrected chi connectivity index (χ1v) is 6.95. The van der Waals surface area contributed by atoms with Crippen LogP contribution in [0.25, 0.3) is 0 Å². The Balaban J connectivity index is 2.43. The summed E-state index contributed by atoms with van der Waals surface area (Å²) in [5.74, 6) is 3.11. The highest BCUT2D eigenvalue weighted by Gasteiger charge is 2.39. The van der Waals surface area contributed by atoms with Gasteiger partial charge in [0, 0.05) is 12.8 Å². The van der Waals surface area contributed by atoms with E-state index in [1.54, 1.807) is 0 Å². The molecule has 15 heavy (non-hydrogen) atoms. The lowest BCUT2D eigenvalue weighted by molar-refractivity contribution is -0.122. The summed E-state index contributed by atoms with van der Waals surface area (Å²) in [5, 5.41) is 0. The lowest BCUT2D eigenvalue weighted by atomic mass is 9.72. The van der Waals surface area contributed by atoms with Crippen LogP contribution in [-0.2, 0) is 4.79 Å². The van der Waals surface area contributed by atoms with Crippen molar-refractivity contribution in [3.05, 3.63) is 0 Å². The van der Waals surface area contributed by atoms with Gasteiger partial charge in [0.25, 0.3) is 0 Å². The van der Waals surface area contributed by atoms with Gasteiger partial charge in [0.1, 0.15) is 5.78 Å². The second kappa shape index (κ2) is 5.89. The quantitative estimate of drug-likeness (QED) is 0.334. The van der Waals surface area contributed by atoms with Crippen LogP contribution in [0.15, 0.2) is 0 Å². The van der Waals surface area contributed by atoms with E-state index in [-0.39, 0.29) is 9.34 Å². The average molecular weight is 318 g/mol. The Labute approximate surface area is 107 Å². The van der Waals surface area contributed by atoms with Crippen molar-refractivity contribution in [1.29, 1.82) is 0 Å². The lowest BCUT2D eigenvalue weighted by Gasteiger charge is -2.37. The molecule has 1 nitrogen and oxygen atoms in total. The molecule has 1 aliphatic carbocycles. The van der Waals surface area contributed by atoms with Gasteiger partial charge in [0.2, 0.25) is 0 Å². The second-order valence-electron chi connectivity index (χ2n) is 4.75. The fraction of sp³-hybridized carbons (Fsp3) is 0.769. The van der Waals surface area contributed by atoms with E-state index in [1.165, 1.54) is 6.42 Å². The van der Waals surface area contributed by atoms with E-state index in [0.29, 0.717) is 5.78 Å². The predicted molar refractivity (Wildman–Crippen MR) is 72.1 cm³/mol. The number of alkyl halides is 1. The molecule has 0 aromatic heterocycles. The van der Waals surface area contributed by atoms with Crippen molar-refractivity contribution in [2.75, 3.05) is 0 Å². The summed E-state index contributed by atoms with van der Waals surface area (Å²) in [4.78, 5) is 11.7. The average Bonchev–Trinajstić information content (AvgIpc) is 2.21. The molecule has 0 amide bonds. The monoisotopic (exact) mass is 318 g/mol. The first-order chi connectivity index (χ1) is 7.10. The molecule has 0 aromatic carbocycles. The number of hydrogen-bond donors (Lipinski definition) is 0. The molecule has 1 rings (SSSR count). The molecule has 0 spiro atoms. The SMILES string of the molecule is C#CCCCC[C@]1(C)CCCC(=O)[C@@H]1I. The number of carbonyl (C=O) groups is 1. The van der Waals surface area contributed by atoms with E-state index in [1.807, 2.05) is 0 Å². The van der Waals surface area contributed by atoms with Crippen LogP contribution >= 0.6 is 22.6 Å². The molecule has 0 radical (unpaired) electrons. The Morgan fingerprint density at radius 1 is 1.60 bits per heavy atom. The number of hydrogen-bond acceptors (Lipinski definition) is 1. The number of carbonyl (C=O) groups excluding carboxylic acids is 1. The Morgan fingerprint density at radius 2 is 2.33 bits per heavy atom. The van der Waals surface area contributed by atoms with Crippen molar-refractivity contribution in [3.63, 3.8) is 0 Å². The van der Waals surface area contributed by atoms with Crippen LogP contribution in [0, 0.1) is 17.8 Å². The molecule has 1 aliphatic rings. The van der Waals surface area contributed by atoms with E-state index >= 15 is 0 Å². The molecule has 0 saturated heterocycles. The van der Waals surface area contributed by atoms with Gasteiger partial charge in [0.15, 0.2) is 0 Å². The lowest BCUT2D eigenvalue weighted by Crippen LogP contribution is -2.38. The van der Waals surface area contributed by atoms with Crippen LogP contribution < -0.4 is 0 Å². The van der Waals surface area contributed by atoms with Gasteiger partial charge >= 0.3 is 0 Å². The largest absolute Gasteiger partial charge is 0.299 e. The molecule has 2 heteroatoms.